The third kappa shape index (κ3) is 3.19. The highest BCUT2D eigenvalue weighted by atomic mass is 16.5. The number of hydrogen-bond acceptors (Lipinski definition) is 3. The van der Waals surface area contributed by atoms with Crippen molar-refractivity contribution in [2.75, 3.05) is 18.5 Å². The van der Waals surface area contributed by atoms with Crippen molar-refractivity contribution in [1.82, 2.24) is 10.6 Å². The van der Waals surface area contributed by atoms with Crippen LogP contribution in [0.4, 0.5) is 10.5 Å². The van der Waals surface area contributed by atoms with Crippen LogP contribution in [-0.2, 0) is 11.3 Å². The zero-order chi connectivity index (χ0) is 15.5. The van der Waals surface area contributed by atoms with E-state index in [1.807, 2.05) is 12.1 Å². The van der Waals surface area contributed by atoms with Gasteiger partial charge in [0.2, 0.25) is 0 Å². The zero-order valence-corrected chi connectivity index (χ0v) is 13.3. The van der Waals surface area contributed by atoms with Gasteiger partial charge in [0.15, 0.2) is 0 Å². The molecule has 3 rings (SSSR count). The summed E-state index contributed by atoms with van der Waals surface area (Å²) < 4.78 is 5.76. The van der Waals surface area contributed by atoms with Gasteiger partial charge in [-0.15, -0.1) is 0 Å². The van der Waals surface area contributed by atoms with E-state index in [4.69, 9.17) is 4.74 Å². The number of ether oxygens (including phenoxy) is 1. The molecule has 2 aliphatic heterocycles. The van der Waals surface area contributed by atoms with Crippen LogP contribution in [0.1, 0.15) is 31.7 Å². The number of fused-ring (bicyclic) bond motifs is 2. The smallest absolute Gasteiger partial charge is 0.315 e. The number of amides is 2. The lowest BCUT2D eigenvalue weighted by atomic mass is 9.96. The molecule has 2 bridgehead atoms. The molecular weight excluding hydrogens is 278 g/mol. The van der Waals surface area contributed by atoms with Crippen LogP contribution >= 0.6 is 0 Å². The quantitative estimate of drug-likeness (QED) is 0.877. The number of benzene rings is 1. The topological polar surface area (TPSA) is 53.6 Å². The number of anilines is 1. The Hall–Kier alpha value is -1.75. The third-order valence-corrected chi connectivity index (χ3v) is 4.74. The first-order valence-corrected chi connectivity index (χ1v) is 8.16. The summed E-state index contributed by atoms with van der Waals surface area (Å²) in [5.74, 6) is 0. The van der Waals surface area contributed by atoms with Gasteiger partial charge in [-0.25, -0.2) is 4.79 Å². The van der Waals surface area contributed by atoms with Crippen molar-refractivity contribution in [2.24, 2.45) is 0 Å². The van der Waals surface area contributed by atoms with E-state index in [2.05, 4.69) is 41.6 Å². The Kier molecular flexibility index (Phi) is 4.52. The van der Waals surface area contributed by atoms with Crippen LogP contribution < -0.4 is 15.5 Å². The predicted octanol–water partition coefficient (Wildman–Crippen LogP) is 2.26. The van der Waals surface area contributed by atoms with Crippen LogP contribution in [0.25, 0.3) is 0 Å². The van der Waals surface area contributed by atoms with E-state index < -0.39 is 0 Å². The van der Waals surface area contributed by atoms with Crippen molar-refractivity contribution in [3.8, 4) is 0 Å². The van der Waals surface area contributed by atoms with Gasteiger partial charge in [0.1, 0.15) is 0 Å². The molecule has 0 spiro atoms. The molecule has 3 atom stereocenters. The number of carbonyl (C=O) groups is 1. The normalized spacial score (nSPS) is 26.0. The van der Waals surface area contributed by atoms with Gasteiger partial charge >= 0.3 is 6.03 Å². The van der Waals surface area contributed by atoms with Crippen LogP contribution in [0.2, 0.25) is 0 Å². The summed E-state index contributed by atoms with van der Waals surface area (Å²) in [6.07, 6.45) is 3.73. The summed E-state index contributed by atoms with van der Waals surface area (Å²) in [7, 11) is 2.06. The van der Waals surface area contributed by atoms with Crippen LogP contribution in [0, 0.1) is 0 Å². The molecule has 22 heavy (non-hydrogen) atoms. The molecule has 0 aromatic heterocycles. The van der Waals surface area contributed by atoms with Gasteiger partial charge in [-0.1, -0.05) is 18.2 Å². The Bertz CT molecular complexity index is 534. The number of para-hydroxylation sites is 1. The van der Waals surface area contributed by atoms with Gasteiger partial charge < -0.3 is 20.3 Å². The van der Waals surface area contributed by atoms with E-state index >= 15 is 0 Å². The summed E-state index contributed by atoms with van der Waals surface area (Å²) in [5, 5.41) is 6.03. The molecule has 0 saturated carbocycles. The molecule has 120 valence electrons. The standard InChI is InChI=1S/C17H25N3O2/c1-3-20(2)15-7-5-4-6-12(15)11-18-17(21)19-14-10-13-8-9-16(14)22-13/h4-7,13-14,16H,3,8-11H2,1-2H3,(H2,18,19,21)/t13-,14+,16-/m1/s1. The average Bonchev–Trinajstić information content (AvgIpc) is 3.15. The second kappa shape index (κ2) is 6.57. The molecule has 2 N–H and O–H groups in total. The minimum Gasteiger partial charge on any atom is -0.375 e. The van der Waals surface area contributed by atoms with E-state index in [9.17, 15) is 4.79 Å². The predicted molar refractivity (Wildman–Crippen MR) is 87.1 cm³/mol. The molecule has 2 saturated heterocycles. The summed E-state index contributed by atoms with van der Waals surface area (Å²) >= 11 is 0. The van der Waals surface area contributed by atoms with Gasteiger partial charge in [-0.05, 0) is 37.8 Å². The lowest BCUT2D eigenvalue weighted by Gasteiger charge is -2.22. The number of carbonyl (C=O) groups excluding carboxylic acids is 1. The number of rotatable bonds is 5. The molecular formula is C17H25N3O2. The fourth-order valence-electron chi connectivity index (χ4n) is 3.39. The van der Waals surface area contributed by atoms with Crippen molar-refractivity contribution in [3.05, 3.63) is 29.8 Å². The minimum absolute atomic E-state index is 0.102. The van der Waals surface area contributed by atoms with Crippen molar-refractivity contribution >= 4 is 11.7 Å². The summed E-state index contributed by atoms with van der Waals surface area (Å²) in [4.78, 5) is 14.3. The maximum atomic E-state index is 12.1. The van der Waals surface area contributed by atoms with Crippen LogP contribution in [0.3, 0.4) is 0 Å². The molecule has 1 aromatic rings. The zero-order valence-electron chi connectivity index (χ0n) is 13.3. The molecule has 0 unspecified atom stereocenters. The fourth-order valence-corrected chi connectivity index (χ4v) is 3.39. The summed E-state index contributed by atoms with van der Waals surface area (Å²) in [5.41, 5.74) is 2.29. The van der Waals surface area contributed by atoms with Crippen LogP contribution in [-0.4, -0.2) is 37.9 Å². The molecule has 1 aromatic carbocycles. The van der Waals surface area contributed by atoms with E-state index in [1.165, 1.54) is 0 Å². The Balaban J connectivity index is 1.53. The molecule has 2 heterocycles. The summed E-state index contributed by atoms with van der Waals surface area (Å²) in [6, 6.07) is 8.25. The maximum Gasteiger partial charge on any atom is 0.315 e. The van der Waals surface area contributed by atoms with E-state index in [-0.39, 0.29) is 18.2 Å². The van der Waals surface area contributed by atoms with Gasteiger partial charge in [0, 0.05) is 25.8 Å². The Morgan fingerprint density at radius 3 is 2.86 bits per heavy atom. The monoisotopic (exact) mass is 303 g/mol. The van der Waals surface area contributed by atoms with Crippen LogP contribution in [0.15, 0.2) is 24.3 Å². The highest BCUT2D eigenvalue weighted by Gasteiger charge is 2.41. The highest BCUT2D eigenvalue weighted by Crippen LogP contribution is 2.34. The molecule has 2 aliphatic rings. The average molecular weight is 303 g/mol. The van der Waals surface area contributed by atoms with Crippen molar-refractivity contribution in [1.29, 1.82) is 0 Å². The van der Waals surface area contributed by atoms with Crippen molar-refractivity contribution in [2.45, 2.75) is 51.0 Å². The molecule has 5 nitrogen and oxygen atoms in total. The van der Waals surface area contributed by atoms with Crippen molar-refractivity contribution < 1.29 is 9.53 Å². The lowest BCUT2D eigenvalue weighted by Crippen LogP contribution is -2.46. The van der Waals surface area contributed by atoms with Gasteiger partial charge in [0.05, 0.1) is 18.2 Å². The van der Waals surface area contributed by atoms with Gasteiger partial charge in [-0.2, -0.15) is 0 Å². The minimum atomic E-state index is -0.102. The number of hydrogen-bond donors (Lipinski definition) is 2. The maximum absolute atomic E-state index is 12.1. The molecule has 0 radical (unpaired) electrons. The third-order valence-electron chi connectivity index (χ3n) is 4.74. The molecule has 2 fully saturated rings. The highest BCUT2D eigenvalue weighted by molar-refractivity contribution is 5.74. The number of nitrogens with one attached hydrogen (secondary N) is 2. The first-order chi connectivity index (χ1) is 10.7. The fraction of sp³-hybridized carbons (Fsp3) is 0.588. The molecule has 2 amide bonds. The largest absolute Gasteiger partial charge is 0.375 e. The Morgan fingerprint density at radius 2 is 2.18 bits per heavy atom. The number of nitrogens with zero attached hydrogens (tertiary/aromatic N) is 1. The second-order valence-electron chi connectivity index (χ2n) is 6.19. The molecule has 0 aliphatic carbocycles. The lowest BCUT2D eigenvalue weighted by molar-refractivity contribution is 0.0981. The van der Waals surface area contributed by atoms with Gasteiger partial charge in [0.25, 0.3) is 0 Å². The molecule has 5 heteroatoms. The van der Waals surface area contributed by atoms with Gasteiger partial charge in [-0.3, -0.25) is 0 Å². The van der Waals surface area contributed by atoms with Crippen LogP contribution in [0.5, 0.6) is 0 Å². The van der Waals surface area contributed by atoms with E-state index in [1.54, 1.807) is 0 Å². The van der Waals surface area contributed by atoms with E-state index in [0.29, 0.717) is 12.6 Å². The second-order valence-corrected chi connectivity index (χ2v) is 6.19. The summed E-state index contributed by atoms with van der Waals surface area (Å²) in [6.45, 7) is 3.59. The van der Waals surface area contributed by atoms with E-state index in [0.717, 1.165) is 37.1 Å². The first-order valence-electron chi connectivity index (χ1n) is 8.16. The Morgan fingerprint density at radius 1 is 1.36 bits per heavy atom. The Labute approximate surface area is 132 Å². The van der Waals surface area contributed by atoms with Crippen molar-refractivity contribution in [3.63, 3.8) is 0 Å². The SMILES string of the molecule is CCN(C)c1ccccc1CNC(=O)N[C@H]1C[C@H]2CC[C@H]1O2. The number of urea groups is 1. The first kappa shape index (κ1) is 15.2.